The van der Waals surface area contributed by atoms with Gasteiger partial charge in [-0.25, -0.2) is 0 Å². The summed E-state index contributed by atoms with van der Waals surface area (Å²) >= 11 is 3.44. The molecule has 0 heterocycles. The van der Waals surface area contributed by atoms with Crippen molar-refractivity contribution in [2.45, 2.75) is 20.3 Å². The zero-order chi connectivity index (χ0) is 19.1. The number of rotatable bonds is 8. The van der Waals surface area contributed by atoms with Gasteiger partial charge in [0.2, 0.25) is 0 Å². The van der Waals surface area contributed by atoms with E-state index < -0.39 is 0 Å². The number of aryl methyl sites for hydroxylation is 1. The Morgan fingerprint density at radius 3 is 2.50 bits per heavy atom. The third kappa shape index (κ3) is 4.91. The summed E-state index contributed by atoms with van der Waals surface area (Å²) in [5, 5.41) is 2.94. The Morgan fingerprint density at radius 1 is 1.12 bits per heavy atom. The minimum Gasteiger partial charge on any atom is -0.496 e. The highest BCUT2D eigenvalue weighted by molar-refractivity contribution is 9.10. The molecule has 0 aromatic heterocycles. The molecule has 0 saturated carbocycles. The molecule has 2 aromatic rings. The van der Waals surface area contributed by atoms with Crippen LogP contribution in [0.15, 0.2) is 34.8 Å². The van der Waals surface area contributed by atoms with Crippen molar-refractivity contribution in [2.24, 2.45) is 0 Å². The van der Waals surface area contributed by atoms with Crippen LogP contribution in [0.3, 0.4) is 0 Å². The maximum Gasteiger partial charge on any atom is 0.251 e. The lowest BCUT2D eigenvalue weighted by Crippen LogP contribution is -2.26. The molecule has 1 N–H and O–H groups in total. The van der Waals surface area contributed by atoms with Gasteiger partial charge in [0.25, 0.3) is 5.91 Å². The molecule has 0 unspecified atom stereocenters. The minimum absolute atomic E-state index is 0.168. The molecule has 140 valence electrons. The molecule has 0 atom stereocenters. The van der Waals surface area contributed by atoms with Gasteiger partial charge in [0.15, 0.2) is 11.5 Å². The summed E-state index contributed by atoms with van der Waals surface area (Å²) in [6.07, 6.45) is 0.686. The number of amides is 1. The Balaban J connectivity index is 2.06. The number of halogens is 1. The predicted molar refractivity (Wildman–Crippen MR) is 106 cm³/mol. The Labute approximate surface area is 162 Å². The van der Waals surface area contributed by atoms with Gasteiger partial charge in [-0.2, -0.15) is 0 Å². The van der Waals surface area contributed by atoms with Crippen LogP contribution in [-0.2, 0) is 6.42 Å². The molecule has 0 aliphatic carbocycles. The minimum atomic E-state index is -0.168. The van der Waals surface area contributed by atoms with E-state index in [0.717, 1.165) is 16.9 Å². The first kappa shape index (κ1) is 20.1. The van der Waals surface area contributed by atoms with Crippen LogP contribution in [0, 0.1) is 6.92 Å². The summed E-state index contributed by atoms with van der Waals surface area (Å²) in [4.78, 5) is 12.5. The number of benzene rings is 2. The first-order valence-electron chi connectivity index (χ1n) is 8.42. The van der Waals surface area contributed by atoms with Gasteiger partial charge in [0.1, 0.15) is 5.75 Å². The number of ether oxygens (including phenoxy) is 3. The molecule has 0 aliphatic rings. The van der Waals surface area contributed by atoms with Gasteiger partial charge in [-0.1, -0.05) is 17.7 Å². The van der Waals surface area contributed by atoms with Gasteiger partial charge >= 0.3 is 0 Å². The molecule has 0 bridgehead atoms. The molecular formula is C20H24BrNO4. The number of methoxy groups -OCH3 is 2. The predicted octanol–water partition coefficient (Wildman–Crippen LogP) is 4.15. The van der Waals surface area contributed by atoms with Crippen molar-refractivity contribution in [3.8, 4) is 17.2 Å². The molecule has 5 nitrogen and oxygen atoms in total. The lowest BCUT2D eigenvalue weighted by atomic mass is 10.1. The lowest BCUT2D eigenvalue weighted by Gasteiger charge is -2.14. The largest absolute Gasteiger partial charge is 0.496 e. The van der Waals surface area contributed by atoms with E-state index in [1.807, 2.05) is 26.0 Å². The van der Waals surface area contributed by atoms with Crippen LogP contribution in [0.25, 0.3) is 0 Å². The number of carbonyl (C=O) groups excluding carboxylic acids is 1. The van der Waals surface area contributed by atoms with E-state index in [9.17, 15) is 4.79 Å². The maximum absolute atomic E-state index is 12.5. The van der Waals surface area contributed by atoms with Gasteiger partial charge in [-0.05, 0) is 60.0 Å². The second-order valence-corrected chi connectivity index (χ2v) is 6.60. The molecule has 0 spiro atoms. The van der Waals surface area contributed by atoms with Gasteiger partial charge in [-0.3, -0.25) is 4.79 Å². The van der Waals surface area contributed by atoms with Crippen LogP contribution in [0.5, 0.6) is 17.2 Å². The first-order valence-corrected chi connectivity index (χ1v) is 9.21. The quantitative estimate of drug-likeness (QED) is 0.695. The highest BCUT2D eigenvalue weighted by Gasteiger charge is 2.15. The van der Waals surface area contributed by atoms with Crippen molar-refractivity contribution in [3.63, 3.8) is 0 Å². The van der Waals surface area contributed by atoms with Crippen molar-refractivity contribution >= 4 is 21.8 Å². The second-order valence-electron chi connectivity index (χ2n) is 5.74. The number of carbonyl (C=O) groups is 1. The van der Waals surface area contributed by atoms with E-state index in [1.54, 1.807) is 26.4 Å². The van der Waals surface area contributed by atoms with E-state index in [-0.39, 0.29) is 5.91 Å². The molecule has 26 heavy (non-hydrogen) atoms. The zero-order valence-electron chi connectivity index (χ0n) is 15.5. The molecule has 1 amide bonds. The van der Waals surface area contributed by atoms with Gasteiger partial charge in [0.05, 0.1) is 25.3 Å². The molecule has 0 fully saturated rings. The van der Waals surface area contributed by atoms with Crippen LogP contribution < -0.4 is 19.5 Å². The van der Waals surface area contributed by atoms with E-state index in [4.69, 9.17) is 14.2 Å². The van der Waals surface area contributed by atoms with Crippen LogP contribution in [0.4, 0.5) is 0 Å². The van der Waals surface area contributed by atoms with Crippen molar-refractivity contribution in [1.29, 1.82) is 0 Å². The summed E-state index contributed by atoms with van der Waals surface area (Å²) in [6, 6.07) is 9.43. The van der Waals surface area contributed by atoms with Gasteiger partial charge in [0, 0.05) is 12.1 Å². The summed E-state index contributed by atoms with van der Waals surface area (Å²) in [6.45, 7) is 4.95. The highest BCUT2D eigenvalue weighted by Crippen LogP contribution is 2.36. The van der Waals surface area contributed by atoms with Crippen LogP contribution in [0.2, 0.25) is 0 Å². The second kappa shape index (κ2) is 9.48. The van der Waals surface area contributed by atoms with E-state index >= 15 is 0 Å². The Hall–Kier alpha value is -2.21. The van der Waals surface area contributed by atoms with Crippen molar-refractivity contribution < 1.29 is 19.0 Å². The third-order valence-electron chi connectivity index (χ3n) is 3.90. The maximum atomic E-state index is 12.5. The number of hydrogen-bond donors (Lipinski definition) is 1. The fourth-order valence-corrected chi connectivity index (χ4v) is 3.21. The third-order valence-corrected chi connectivity index (χ3v) is 4.49. The Bertz CT molecular complexity index is 777. The molecule has 2 rings (SSSR count). The zero-order valence-corrected chi connectivity index (χ0v) is 17.1. The molecule has 0 saturated heterocycles. The fraction of sp³-hybridized carbons (Fsp3) is 0.350. The highest BCUT2D eigenvalue weighted by atomic mass is 79.9. The normalized spacial score (nSPS) is 10.3. The van der Waals surface area contributed by atoms with Crippen LogP contribution in [0.1, 0.15) is 28.4 Å². The topological polar surface area (TPSA) is 56.8 Å². The Morgan fingerprint density at radius 2 is 1.85 bits per heavy atom. The van der Waals surface area contributed by atoms with E-state index in [0.29, 0.717) is 41.1 Å². The van der Waals surface area contributed by atoms with Gasteiger partial charge < -0.3 is 19.5 Å². The smallest absolute Gasteiger partial charge is 0.251 e. The average molecular weight is 422 g/mol. The SMILES string of the molecule is CCOc1c(Br)cc(C(=O)NCCc2cc(C)ccc2OC)cc1OC. The molecule has 0 aliphatic heterocycles. The van der Waals surface area contributed by atoms with Crippen molar-refractivity contribution in [1.82, 2.24) is 5.32 Å². The van der Waals surface area contributed by atoms with E-state index in [2.05, 4.69) is 27.3 Å². The molecule has 0 radical (unpaired) electrons. The lowest BCUT2D eigenvalue weighted by molar-refractivity contribution is 0.0953. The summed E-state index contributed by atoms with van der Waals surface area (Å²) in [7, 11) is 3.20. The Kier molecular flexibility index (Phi) is 7.33. The van der Waals surface area contributed by atoms with Gasteiger partial charge in [-0.15, -0.1) is 0 Å². The average Bonchev–Trinajstić information content (AvgIpc) is 2.63. The molecular weight excluding hydrogens is 398 g/mol. The van der Waals surface area contributed by atoms with Crippen molar-refractivity contribution in [3.05, 3.63) is 51.5 Å². The first-order chi connectivity index (χ1) is 12.5. The van der Waals surface area contributed by atoms with Crippen LogP contribution in [-0.4, -0.2) is 33.3 Å². The monoisotopic (exact) mass is 421 g/mol. The molecule has 2 aromatic carbocycles. The summed E-state index contributed by atoms with van der Waals surface area (Å²) < 4.78 is 16.9. The number of hydrogen-bond acceptors (Lipinski definition) is 4. The fourth-order valence-electron chi connectivity index (χ4n) is 2.65. The standard InChI is InChI=1S/C20H24BrNO4/c1-5-26-19-16(21)11-15(12-18(19)25-4)20(23)22-9-8-14-10-13(2)6-7-17(14)24-3/h6-7,10-12H,5,8-9H2,1-4H3,(H,22,23). The van der Waals surface area contributed by atoms with E-state index in [1.165, 1.54) is 0 Å². The molecule has 6 heteroatoms. The van der Waals surface area contributed by atoms with Crippen LogP contribution >= 0.6 is 15.9 Å². The van der Waals surface area contributed by atoms with Crippen molar-refractivity contribution in [2.75, 3.05) is 27.4 Å². The summed E-state index contributed by atoms with van der Waals surface area (Å²) in [5.41, 5.74) is 2.74. The number of nitrogens with one attached hydrogen (secondary N) is 1. The summed E-state index contributed by atoms with van der Waals surface area (Å²) in [5.74, 6) is 1.77.